The van der Waals surface area contributed by atoms with Gasteiger partial charge in [-0.05, 0) is 82.1 Å². The smallest absolute Gasteiger partial charge is 0.173 e. The molecular weight excluding hydrogens is 396 g/mol. The largest absolute Gasteiger partial charge is 0.303 e. The first kappa shape index (κ1) is 20.3. The number of nitrogens with zero attached hydrogens (tertiary/aromatic N) is 5. The fraction of sp³-hybridized carbons (Fsp3) is 0.231. The van der Waals surface area contributed by atoms with E-state index in [0.717, 1.165) is 17.9 Å². The molecule has 0 aliphatic heterocycles. The molecule has 1 saturated carbocycles. The molecule has 1 aliphatic carbocycles. The molecular formula is C26H26N6. The highest BCUT2D eigenvalue weighted by Gasteiger charge is 2.35. The van der Waals surface area contributed by atoms with E-state index in [9.17, 15) is 0 Å². The first-order valence-electron chi connectivity index (χ1n) is 11.0. The summed E-state index contributed by atoms with van der Waals surface area (Å²) >= 11 is 0. The average molecular weight is 423 g/mol. The number of rotatable bonds is 8. The number of tetrazole rings is 1. The van der Waals surface area contributed by atoms with Crippen molar-refractivity contribution in [3.05, 3.63) is 95.6 Å². The topological polar surface area (TPSA) is 68.5 Å². The summed E-state index contributed by atoms with van der Waals surface area (Å²) in [5, 5.41) is 16.2. The molecule has 2 aromatic heterocycles. The lowest BCUT2D eigenvalue weighted by atomic mass is 9.96. The minimum atomic E-state index is 0.125. The van der Waals surface area contributed by atoms with Gasteiger partial charge in [0.25, 0.3) is 0 Å². The third-order valence-corrected chi connectivity index (χ3v) is 6.02. The molecule has 6 heteroatoms. The molecule has 1 N–H and O–H groups in total. The third kappa shape index (κ3) is 4.50. The van der Waals surface area contributed by atoms with Gasteiger partial charge >= 0.3 is 0 Å². The van der Waals surface area contributed by atoms with Gasteiger partial charge in [-0.3, -0.25) is 4.98 Å². The highest BCUT2D eigenvalue weighted by molar-refractivity contribution is 5.74. The van der Waals surface area contributed by atoms with E-state index in [1.807, 2.05) is 36.8 Å². The number of hydrogen-bond donors (Lipinski definition) is 1. The Hall–Kier alpha value is -3.64. The molecule has 0 radical (unpaired) electrons. The minimum Gasteiger partial charge on any atom is -0.303 e. The molecule has 2 heterocycles. The van der Waals surface area contributed by atoms with Crippen LogP contribution in [0.3, 0.4) is 0 Å². The van der Waals surface area contributed by atoms with E-state index in [0.29, 0.717) is 5.92 Å². The van der Waals surface area contributed by atoms with Gasteiger partial charge < -0.3 is 5.32 Å². The standard InChI is InChI=1S/C26H26N6/c1-19-21(8-5-9-24(19)22-6-3-2-4-7-22)14-17-32-26(29-30-31-32)25(23-10-11-23)28-18-20-12-15-27-16-13-20/h2-9,12-17,23,25,28H,10-11,18H2,1H3/b17-14+. The van der Waals surface area contributed by atoms with Crippen LogP contribution in [-0.2, 0) is 6.54 Å². The van der Waals surface area contributed by atoms with Crippen molar-refractivity contribution in [2.24, 2.45) is 5.92 Å². The molecule has 0 saturated heterocycles. The molecule has 1 unspecified atom stereocenters. The predicted molar refractivity (Wildman–Crippen MR) is 126 cm³/mol. The Kier molecular flexibility index (Phi) is 5.85. The molecule has 1 aliphatic rings. The molecule has 4 aromatic rings. The fourth-order valence-electron chi connectivity index (χ4n) is 4.05. The van der Waals surface area contributed by atoms with Crippen molar-refractivity contribution in [2.45, 2.75) is 32.4 Å². The maximum absolute atomic E-state index is 4.37. The summed E-state index contributed by atoms with van der Waals surface area (Å²) < 4.78 is 1.80. The van der Waals surface area contributed by atoms with E-state index in [4.69, 9.17) is 0 Å². The monoisotopic (exact) mass is 422 g/mol. The van der Waals surface area contributed by atoms with Crippen LogP contribution in [0.1, 0.15) is 41.4 Å². The van der Waals surface area contributed by atoms with E-state index in [-0.39, 0.29) is 6.04 Å². The lowest BCUT2D eigenvalue weighted by Crippen LogP contribution is -2.25. The molecule has 1 atom stereocenters. The lowest BCUT2D eigenvalue weighted by Gasteiger charge is -2.16. The van der Waals surface area contributed by atoms with Crippen molar-refractivity contribution in [1.29, 1.82) is 0 Å². The summed E-state index contributed by atoms with van der Waals surface area (Å²) in [4.78, 5) is 4.10. The van der Waals surface area contributed by atoms with Gasteiger partial charge in [-0.15, -0.1) is 5.10 Å². The molecule has 0 spiro atoms. The Morgan fingerprint density at radius 3 is 2.62 bits per heavy atom. The normalized spacial score (nSPS) is 14.7. The third-order valence-electron chi connectivity index (χ3n) is 6.02. The molecule has 1 fully saturated rings. The van der Waals surface area contributed by atoms with Gasteiger partial charge in [0.15, 0.2) is 5.82 Å². The maximum atomic E-state index is 4.37. The zero-order valence-corrected chi connectivity index (χ0v) is 18.1. The zero-order valence-electron chi connectivity index (χ0n) is 18.1. The van der Waals surface area contributed by atoms with Gasteiger partial charge in [0, 0.05) is 25.1 Å². The Balaban J connectivity index is 1.38. The van der Waals surface area contributed by atoms with Crippen LogP contribution in [0.4, 0.5) is 0 Å². The average Bonchev–Trinajstić information content (AvgIpc) is 3.57. The quantitative estimate of drug-likeness (QED) is 0.437. The van der Waals surface area contributed by atoms with Crippen LogP contribution in [0.2, 0.25) is 0 Å². The van der Waals surface area contributed by atoms with Crippen molar-refractivity contribution in [3.63, 3.8) is 0 Å². The van der Waals surface area contributed by atoms with Gasteiger partial charge in [0.2, 0.25) is 0 Å². The van der Waals surface area contributed by atoms with E-state index < -0.39 is 0 Å². The van der Waals surface area contributed by atoms with Crippen LogP contribution in [-0.4, -0.2) is 25.2 Å². The summed E-state index contributed by atoms with van der Waals surface area (Å²) in [5.41, 5.74) is 6.05. The number of pyridine rings is 1. The number of hydrogen-bond acceptors (Lipinski definition) is 5. The molecule has 32 heavy (non-hydrogen) atoms. The van der Waals surface area contributed by atoms with Gasteiger partial charge in [-0.2, -0.15) is 0 Å². The van der Waals surface area contributed by atoms with Crippen molar-refractivity contribution >= 4 is 12.3 Å². The second kappa shape index (κ2) is 9.24. The van der Waals surface area contributed by atoms with Crippen LogP contribution in [0.5, 0.6) is 0 Å². The Morgan fingerprint density at radius 1 is 1.03 bits per heavy atom. The molecule has 0 bridgehead atoms. The first-order valence-corrected chi connectivity index (χ1v) is 11.0. The van der Waals surface area contributed by atoms with Gasteiger partial charge in [0.05, 0.1) is 6.04 Å². The summed E-state index contributed by atoms with van der Waals surface area (Å²) in [7, 11) is 0. The van der Waals surface area contributed by atoms with Crippen LogP contribution < -0.4 is 5.32 Å². The SMILES string of the molecule is Cc1c(/C=C/n2nnnc2C(NCc2ccncc2)C2CC2)cccc1-c1ccccc1. The fourth-order valence-corrected chi connectivity index (χ4v) is 4.05. The lowest BCUT2D eigenvalue weighted by molar-refractivity contribution is 0.450. The Bertz CT molecular complexity index is 1200. The van der Waals surface area contributed by atoms with Crippen molar-refractivity contribution < 1.29 is 0 Å². The van der Waals surface area contributed by atoms with Crippen molar-refractivity contribution in [2.75, 3.05) is 0 Å². The molecule has 5 rings (SSSR count). The van der Waals surface area contributed by atoms with Crippen LogP contribution >= 0.6 is 0 Å². The van der Waals surface area contributed by atoms with E-state index in [2.05, 4.69) is 81.3 Å². The zero-order chi connectivity index (χ0) is 21.8. The van der Waals surface area contributed by atoms with E-state index >= 15 is 0 Å². The van der Waals surface area contributed by atoms with Gasteiger partial charge in [-0.25, -0.2) is 4.68 Å². The number of nitrogens with one attached hydrogen (secondary N) is 1. The van der Waals surface area contributed by atoms with Gasteiger partial charge in [-0.1, -0.05) is 48.5 Å². The second-order valence-corrected chi connectivity index (χ2v) is 8.23. The van der Waals surface area contributed by atoms with Crippen LogP contribution in [0, 0.1) is 12.8 Å². The first-order chi connectivity index (χ1) is 15.8. The molecule has 160 valence electrons. The van der Waals surface area contributed by atoms with Gasteiger partial charge in [0.1, 0.15) is 0 Å². The maximum Gasteiger partial charge on any atom is 0.173 e. The molecule has 0 amide bonds. The molecule has 6 nitrogen and oxygen atoms in total. The second-order valence-electron chi connectivity index (χ2n) is 8.23. The molecule has 2 aromatic carbocycles. The Labute approximate surface area is 188 Å². The van der Waals surface area contributed by atoms with Crippen LogP contribution in [0.15, 0.2) is 73.1 Å². The summed E-state index contributed by atoms with van der Waals surface area (Å²) in [6, 6.07) is 21.0. The van der Waals surface area contributed by atoms with Crippen LogP contribution in [0.25, 0.3) is 23.4 Å². The number of aromatic nitrogens is 5. The highest BCUT2D eigenvalue weighted by Crippen LogP contribution is 2.40. The highest BCUT2D eigenvalue weighted by atomic mass is 15.5. The summed E-state index contributed by atoms with van der Waals surface area (Å²) in [6.07, 6.45) is 10.1. The minimum absolute atomic E-state index is 0.125. The van der Waals surface area contributed by atoms with E-state index in [1.54, 1.807) is 4.68 Å². The number of benzene rings is 2. The predicted octanol–water partition coefficient (Wildman–Crippen LogP) is 4.91. The summed E-state index contributed by atoms with van der Waals surface area (Å²) in [6.45, 7) is 2.92. The van der Waals surface area contributed by atoms with Crippen molar-refractivity contribution in [1.82, 2.24) is 30.5 Å². The Morgan fingerprint density at radius 2 is 1.84 bits per heavy atom. The van der Waals surface area contributed by atoms with Crippen molar-refractivity contribution in [3.8, 4) is 11.1 Å². The summed E-state index contributed by atoms with van der Waals surface area (Å²) in [5.74, 6) is 1.42. The van der Waals surface area contributed by atoms with E-state index in [1.165, 1.54) is 35.1 Å².